The quantitative estimate of drug-likeness (QED) is 0.680. The van der Waals surface area contributed by atoms with E-state index in [-0.39, 0.29) is 11.4 Å². The number of rotatable bonds is 7. The van der Waals surface area contributed by atoms with Gasteiger partial charge in [0.25, 0.3) is 0 Å². The number of nitrogens with zero attached hydrogens (tertiary/aromatic N) is 1. The summed E-state index contributed by atoms with van der Waals surface area (Å²) < 4.78 is 0. The van der Waals surface area contributed by atoms with Gasteiger partial charge in [0.05, 0.1) is 6.54 Å². The predicted molar refractivity (Wildman–Crippen MR) is 68.6 cm³/mol. The van der Waals surface area contributed by atoms with Gasteiger partial charge in [0.1, 0.15) is 0 Å². The predicted octanol–water partition coefficient (Wildman–Crippen LogP) is 0.833. The molecule has 0 aliphatic heterocycles. The van der Waals surface area contributed by atoms with Crippen LogP contribution in [-0.4, -0.2) is 49.1 Å². The van der Waals surface area contributed by atoms with Crippen LogP contribution in [0.4, 0.5) is 0 Å². The van der Waals surface area contributed by atoms with Crippen molar-refractivity contribution in [3.8, 4) is 0 Å². The molecule has 1 amide bonds. The Kier molecular flexibility index (Phi) is 7.34. The zero-order valence-corrected chi connectivity index (χ0v) is 11.4. The van der Waals surface area contributed by atoms with Crippen LogP contribution in [0.3, 0.4) is 0 Å². The van der Waals surface area contributed by atoms with Gasteiger partial charge in [-0.2, -0.15) is 0 Å². The van der Waals surface area contributed by atoms with Crippen molar-refractivity contribution in [2.45, 2.75) is 40.2 Å². The van der Waals surface area contributed by atoms with Gasteiger partial charge in [-0.3, -0.25) is 4.79 Å². The van der Waals surface area contributed by atoms with E-state index in [1.807, 2.05) is 0 Å². The number of likely N-dealkylation sites (N-methyl/N-ethyl adjacent to an activating group) is 1. The molecular weight excluding hydrogens is 202 g/mol. The monoisotopic (exact) mass is 229 g/mol. The van der Waals surface area contributed by atoms with Gasteiger partial charge in [0, 0.05) is 18.6 Å². The van der Waals surface area contributed by atoms with Gasteiger partial charge >= 0.3 is 0 Å². The van der Waals surface area contributed by atoms with Gasteiger partial charge in [-0.25, -0.2) is 0 Å². The lowest BCUT2D eigenvalue weighted by molar-refractivity contribution is -0.120. The van der Waals surface area contributed by atoms with Crippen LogP contribution in [0.25, 0.3) is 0 Å². The van der Waals surface area contributed by atoms with Crippen LogP contribution in [0.15, 0.2) is 0 Å². The Morgan fingerprint density at radius 1 is 1.19 bits per heavy atom. The van der Waals surface area contributed by atoms with Gasteiger partial charge in [-0.05, 0) is 33.9 Å². The van der Waals surface area contributed by atoms with Crippen LogP contribution in [0.5, 0.6) is 0 Å². The molecule has 0 aromatic carbocycles. The average Bonchev–Trinajstić information content (AvgIpc) is 2.20. The van der Waals surface area contributed by atoms with E-state index in [9.17, 15) is 4.79 Å². The van der Waals surface area contributed by atoms with Gasteiger partial charge in [0.15, 0.2) is 0 Å². The van der Waals surface area contributed by atoms with Gasteiger partial charge in [0.2, 0.25) is 5.91 Å². The smallest absolute Gasteiger partial charge is 0.234 e. The summed E-state index contributed by atoms with van der Waals surface area (Å²) in [6, 6.07) is 0. The van der Waals surface area contributed by atoms with Crippen LogP contribution in [-0.2, 0) is 4.79 Å². The maximum Gasteiger partial charge on any atom is 0.234 e. The summed E-state index contributed by atoms with van der Waals surface area (Å²) in [5.41, 5.74) is -0.00376. The molecule has 0 aliphatic rings. The number of nitrogens with one attached hydrogen (secondary N) is 2. The SMILES string of the molecule is CCN(CC)CCNC(=O)CNC(C)(C)C. The van der Waals surface area contributed by atoms with E-state index in [2.05, 4.69) is 50.2 Å². The first-order valence-electron chi connectivity index (χ1n) is 6.13. The first kappa shape index (κ1) is 15.4. The van der Waals surface area contributed by atoms with E-state index in [0.29, 0.717) is 6.54 Å². The molecule has 0 aromatic rings. The van der Waals surface area contributed by atoms with Gasteiger partial charge < -0.3 is 15.5 Å². The maximum atomic E-state index is 11.5. The van der Waals surface area contributed by atoms with E-state index < -0.39 is 0 Å². The largest absolute Gasteiger partial charge is 0.354 e. The lowest BCUT2D eigenvalue weighted by Crippen LogP contribution is -2.44. The topological polar surface area (TPSA) is 44.4 Å². The van der Waals surface area contributed by atoms with Crippen molar-refractivity contribution in [1.82, 2.24) is 15.5 Å². The van der Waals surface area contributed by atoms with Gasteiger partial charge in [-0.1, -0.05) is 13.8 Å². The molecule has 0 heterocycles. The van der Waals surface area contributed by atoms with Crippen LogP contribution in [0.1, 0.15) is 34.6 Å². The van der Waals surface area contributed by atoms with Crippen molar-refractivity contribution in [3.05, 3.63) is 0 Å². The molecule has 0 spiro atoms. The highest BCUT2D eigenvalue weighted by Gasteiger charge is 2.10. The minimum Gasteiger partial charge on any atom is -0.354 e. The van der Waals surface area contributed by atoms with Crippen molar-refractivity contribution >= 4 is 5.91 Å². The Morgan fingerprint density at radius 2 is 1.75 bits per heavy atom. The Morgan fingerprint density at radius 3 is 2.19 bits per heavy atom. The van der Waals surface area contributed by atoms with Crippen LogP contribution in [0.2, 0.25) is 0 Å². The first-order chi connectivity index (χ1) is 7.39. The Hall–Kier alpha value is -0.610. The summed E-state index contributed by atoms with van der Waals surface area (Å²) in [6.07, 6.45) is 0. The molecule has 0 aromatic heterocycles. The minimum atomic E-state index is -0.00376. The van der Waals surface area contributed by atoms with Crippen molar-refractivity contribution in [3.63, 3.8) is 0 Å². The van der Waals surface area contributed by atoms with E-state index >= 15 is 0 Å². The third-order valence-corrected chi connectivity index (χ3v) is 2.42. The number of carbonyl (C=O) groups is 1. The fraction of sp³-hybridized carbons (Fsp3) is 0.917. The minimum absolute atomic E-state index is 0.00376. The second-order valence-corrected chi connectivity index (χ2v) is 4.98. The van der Waals surface area contributed by atoms with Crippen molar-refractivity contribution in [1.29, 1.82) is 0 Å². The zero-order valence-electron chi connectivity index (χ0n) is 11.4. The van der Waals surface area contributed by atoms with Crippen LogP contribution in [0, 0.1) is 0 Å². The highest BCUT2D eigenvalue weighted by atomic mass is 16.1. The molecule has 4 heteroatoms. The third kappa shape index (κ3) is 8.68. The molecule has 0 bridgehead atoms. The number of amides is 1. The molecule has 0 saturated heterocycles. The average molecular weight is 229 g/mol. The molecule has 16 heavy (non-hydrogen) atoms. The van der Waals surface area contributed by atoms with Crippen molar-refractivity contribution < 1.29 is 4.79 Å². The normalized spacial score (nSPS) is 11.9. The zero-order chi connectivity index (χ0) is 12.6. The van der Waals surface area contributed by atoms with E-state index in [1.54, 1.807) is 0 Å². The molecule has 0 radical (unpaired) electrons. The summed E-state index contributed by atoms with van der Waals surface area (Å²) in [5, 5.41) is 6.07. The Balaban J connectivity index is 3.58. The fourth-order valence-corrected chi connectivity index (χ4v) is 1.30. The summed E-state index contributed by atoms with van der Waals surface area (Å²) in [6.45, 7) is 14.5. The molecule has 2 N–H and O–H groups in total. The molecule has 0 aliphatic carbocycles. The molecule has 0 fully saturated rings. The van der Waals surface area contributed by atoms with Crippen LogP contribution < -0.4 is 10.6 Å². The Labute approximate surface area is 99.8 Å². The lowest BCUT2D eigenvalue weighted by atomic mass is 10.1. The summed E-state index contributed by atoms with van der Waals surface area (Å²) in [4.78, 5) is 13.7. The Bertz CT molecular complexity index is 195. The summed E-state index contributed by atoms with van der Waals surface area (Å²) in [5.74, 6) is 0.0714. The summed E-state index contributed by atoms with van der Waals surface area (Å²) in [7, 11) is 0. The van der Waals surface area contributed by atoms with Crippen molar-refractivity contribution in [2.75, 3.05) is 32.7 Å². The number of carbonyl (C=O) groups excluding carboxylic acids is 1. The molecule has 0 unspecified atom stereocenters. The number of hydrogen-bond donors (Lipinski definition) is 2. The fourth-order valence-electron chi connectivity index (χ4n) is 1.30. The van der Waals surface area contributed by atoms with E-state index in [0.717, 1.165) is 26.2 Å². The third-order valence-electron chi connectivity index (χ3n) is 2.42. The highest BCUT2D eigenvalue weighted by molar-refractivity contribution is 5.78. The molecular formula is C12H27N3O. The lowest BCUT2D eigenvalue weighted by Gasteiger charge is -2.21. The second kappa shape index (κ2) is 7.63. The maximum absolute atomic E-state index is 11.5. The molecule has 0 atom stereocenters. The molecule has 0 saturated carbocycles. The molecule has 0 rings (SSSR count). The molecule has 96 valence electrons. The van der Waals surface area contributed by atoms with Crippen molar-refractivity contribution in [2.24, 2.45) is 0 Å². The first-order valence-corrected chi connectivity index (χ1v) is 6.13. The highest BCUT2D eigenvalue weighted by Crippen LogP contribution is 1.96. The molecule has 4 nitrogen and oxygen atoms in total. The standard InChI is InChI=1S/C12H27N3O/c1-6-15(7-2)9-8-13-11(16)10-14-12(3,4)5/h14H,6-10H2,1-5H3,(H,13,16). The van der Waals surface area contributed by atoms with Crippen LogP contribution >= 0.6 is 0 Å². The van der Waals surface area contributed by atoms with E-state index in [1.165, 1.54) is 0 Å². The van der Waals surface area contributed by atoms with Gasteiger partial charge in [-0.15, -0.1) is 0 Å². The summed E-state index contributed by atoms with van der Waals surface area (Å²) >= 11 is 0. The van der Waals surface area contributed by atoms with E-state index in [4.69, 9.17) is 0 Å². The second-order valence-electron chi connectivity index (χ2n) is 4.98. The number of hydrogen-bond acceptors (Lipinski definition) is 3.